The van der Waals surface area contributed by atoms with E-state index in [1.54, 1.807) is 4.90 Å². The number of urea groups is 1. The van der Waals surface area contributed by atoms with Crippen molar-refractivity contribution in [2.75, 3.05) is 25.0 Å². The fraction of sp³-hybridized carbons (Fsp3) is 0.652. The van der Waals surface area contributed by atoms with E-state index in [-0.39, 0.29) is 12.1 Å². The van der Waals surface area contributed by atoms with Crippen molar-refractivity contribution in [1.82, 2.24) is 9.80 Å². The number of likely N-dealkylation sites (tertiary alicyclic amines) is 1. The van der Waals surface area contributed by atoms with Crippen LogP contribution < -0.4 is 5.32 Å². The number of rotatable bonds is 4. The summed E-state index contributed by atoms with van der Waals surface area (Å²) in [6.07, 6.45) is 6.12. The molecule has 1 aromatic carbocycles. The maximum atomic E-state index is 13.0. The molecule has 1 heterocycles. The van der Waals surface area contributed by atoms with Gasteiger partial charge in [0.2, 0.25) is 0 Å². The quantitative estimate of drug-likeness (QED) is 0.762. The lowest BCUT2D eigenvalue weighted by molar-refractivity contribution is 0.0170. The van der Waals surface area contributed by atoms with Crippen LogP contribution in [0.15, 0.2) is 30.3 Å². The highest BCUT2D eigenvalue weighted by atomic mass is 16.6. The van der Waals surface area contributed by atoms with E-state index in [1.807, 2.05) is 56.0 Å². The highest BCUT2D eigenvalue weighted by molar-refractivity contribution is 5.89. The Morgan fingerprint density at radius 2 is 1.69 bits per heavy atom. The van der Waals surface area contributed by atoms with E-state index in [0.29, 0.717) is 25.0 Å². The van der Waals surface area contributed by atoms with Gasteiger partial charge in [-0.3, -0.25) is 0 Å². The van der Waals surface area contributed by atoms with Crippen LogP contribution in [0.1, 0.15) is 59.3 Å². The standard InChI is InChI=1S/C23H35N3O3/c1-23(2,3)29-22(28)25-15-13-18(14-16-25)17-26(20-11-7-8-12-20)21(27)24-19-9-5-4-6-10-19/h4-6,9-10,18,20H,7-8,11-17H2,1-3H3,(H,24,27). The number of hydrogen-bond acceptors (Lipinski definition) is 3. The Bertz CT molecular complexity index is 672. The van der Waals surface area contributed by atoms with Gasteiger partial charge in [-0.2, -0.15) is 0 Å². The predicted molar refractivity (Wildman–Crippen MR) is 115 cm³/mol. The van der Waals surface area contributed by atoms with Crippen LogP contribution in [0.5, 0.6) is 0 Å². The fourth-order valence-corrected chi connectivity index (χ4v) is 4.23. The Balaban J connectivity index is 1.56. The molecule has 1 N–H and O–H groups in total. The molecule has 2 fully saturated rings. The molecule has 0 spiro atoms. The molecule has 0 radical (unpaired) electrons. The number of piperidine rings is 1. The lowest BCUT2D eigenvalue weighted by atomic mass is 9.95. The molecule has 160 valence electrons. The molecular weight excluding hydrogens is 366 g/mol. The summed E-state index contributed by atoms with van der Waals surface area (Å²) in [7, 11) is 0. The lowest BCUT2D eigenvalue weighted by Gasteiger charge is -2.37. The van der Waals surface area contributed by atoms with Crippen LogP contribution in [0, 0.1) is 5.92 Å². The molecular formula is C23H35N3O3. The van der Waals surface area contributed by atoms with Gasteiger partial charge in [-0.25, -0.2) is 9.59 Å². The van der Waals surface area contributed by atoms with Gasteiger partial charge in [0.15, 0.2) is 0 Å². The van der Waals surface area contributed by atoms with E-state index >= 15 is 0 Å². The zero-order chi connectivity index (χ0) is 20.9. The summed E-state index contributed by atoms with van der Waals surface area (Å²) < 4.78 is 5.49. The number of para-hydroxylation sites is 1. The summed E-state index contributed by atoms with van der Waals surface area (Å²) >= 11 is 0. The van der Waals surface area contributed by atoms with Crippen molar-refractivity contribution in [3.63, 3.8) is 0 Å². The van der Waals surface area contributed by atoms with E-state index in [1.165, 1.54) is 12.8 Å². The maximum Gasteiger partial charge on any atom is 0.410 e. The summed E-state index contributed by atoms with van der Waals surface area (Å²) in [6.45, 7) is 7.82. The second kappa shape index (κ2) is 9.51. The van der Waals surface area contributed by atoms with Crippen molar-refractivity contribution < 1.29 is 14.3 Å². The number of anilines is 1. The highest BCUT2D eigenvalue weighted by Crippen LogP contribution is 2.28. The van der Waals surface area contributed by atoms with Crippen LogP contribution in [0.3, 0.4) is 0 Å². The molecule has 3 amide bonds. The Morgan fingerprint density at radius 1 is 1.07 bits per heavy atom. The third-order valence-corrected chi connectivity index (χ3v) is 5.77. The van der Waals surface area contributed by atoms with Gasteiger partial charge in [0.1, 0.15) is 5.60 Å². The summed E-state index contributed by atoms with van der Waals surface area (Å²) in [5.74, 6) is 0.413. The molecule has 0 unspecified atom stereocenters. The molecule has 3 rings (SSSR count). The molecule has 6 heteroatoms. The first-order chi connectivity index (χ1) is 13.8. The number of nitrogens with zero attached hydrogens (tertiary/aromatic N) is 2. The molecule has 2 aliphatic rings. The number of nitrogens with one attached hydrogen (secondary N) is 1. The first kappa shape index (κ1) is 21.5. The van der Waals surface area contributed by atoms with Gasteiger partial charge in [-0.15, -0.1) is 0 Å². The summed E-state index contributed by atoms with van der Waals surface area (Å²) in [5.41, 5.74) is 0.364. The molecule has 0 bridgehead atoms. The molecule has 0 atom stereocenters. The molecule has 1 aromatic rings. The third kappa shape index (κ3) is 6.38. The van der Waals surface area contributed by atoms with Crippen LogP contribution in [0.2, 0.25) is 0 Å². The normalized spacial score (nSPS) is 18.5. The zero-order valence-electron chi connectivity index (χ0n) is 18.0. The van der Waals surface area contributed by atoms with E-state index in [2.05, 4.69) is 5.32 Å². The number of ether oxygens (including phenoxy) is 1. The number of carbonyl (C=O) groups excluding carboxylic acids is 2. The van der Waals surface area contributed by atoms with Crippen molar-refractivity contribution in [2.24, 2.45) is 5.92 Å². The van der Waals surface area contributed by atoms with Gasteiger partial charge in [0, 0.05) is 31.4 Å². The van der Waals surface area contributed by atoms with Crippen LogP contribution in [-0.2, 0) is 4.74 Å². The van der Waals surface area contributed by atoms with Crippen LogP contribution >= 0.6 is 0 Å². The van der Waals surface area contributed by atoms with E-state index in [4.69, 9.17) is 4.74 Å². The lowest BCUT2D eigenvalue weighted by Crippen LogP contribution is -2.47. The van der Waals surface area contributed by atoms with Crippen molar-refractivity contribution in [3.05, 3.63) is 30.3 Å². The second-order valence-corrected chi connectivity index (χ2v) is 9.30. The number of carbonyl (C=O) groups is 2. The SMILES string of the molecule is CC(C)(C)OC(=O)N1CCC(CN(C(=O)Nc2ccccc2)C2CCCC2)CC1. The van der Waals surface area contributed by atoms with Crippen LogP contribution in [0.25, 0.3) is 0 Å². The monoisotopic (exact) mass is 401 g/mol. The number of amides is 3. The zero-order valence-corrected chi connectivity index (χ0v) is 18.0. The largest absolute Gasteiger partial charge is 0.444 e. The Morgan fingerprint density at radius 3 is 2.28 bits per heavy atom. The minimum Gasteiger partial charge on any atom is -0.444 e. The van der Waals surface area contributed by atoms with Gasteiger partial charge < -0.3 is 19.9 Å². The molecule has 29 heavy (non-hydrogen) atoms. The fourth-order valence-electron chi connectivity index (χ4n) is 4.23. The topological polar surface area (TPSA) is 61.9 Å². The average Bonchev–Trinajstić information content (AvgIpc) is 3.20. The van der Waals surface area contributed by atoms with Crippen molar-refractivity contribution in [1.29, 1.82) is 0 Å². The summed E-state index contributed by atoms with van der Waals surface area (Å²) in [6, 6.07) is 9.97. The van der Waals surface area contributed by atoms with Crippen LogP contribution in [0.4, 0.5) is 15.3 Å². The van der Waals surface area contributed by atoms with Gasteiger partial charge in [0.05, 0.1) is 0 Å². The average molecular weight is 402 g/mol. The summed E-state index contributed by atoms with van der Waals surface area (Å²) in [5, 5.41) is 3.06. The molecule has 1 saturated heterocycles. The minimum atomic E-state index is -0.470. The Labute approximate surface area is 174 Å². The predicted octanol–water partition coefficient (Wildman–Crippen LogP) is 5.11. The highest BCUT2D eigenvalue weighted by Gasteiger charge is 2.32. The first-order valence-electron chi connectivity index (χ1n) is 10.9. The first-order valence-corrected chi connectivity index (χ1v) is 10.9. The Kier molecular flexibility index (Phi) is 7.04. The van der Waals surface area contributed by atoms with Gasteiger partial charge >= 0.3 is 12.1 Å². The van der Waals surface area contributed by atoms with Gasteiger partial charge in [-0.1, -0.05) is 31.0 Å². The van der Waals surface area contributed by atoms with Gasteiger partial charge in [-0.05, 0) is 64.5 Å². The van der Waals surface area contributed by atoms with Crippen molar-refractivity contribution in [2.45, 2.75) is 70.9 Å². The smallest absolute Gasteiger partial charge is 0.410 e. The number of hydrogen-bond donors (Lipinski definition) is 1. The van der Waals surface area contributed by atoms with Crippen molar-refractivity contribution >= 4 is 17.8 Å². The third-order valence-electron chi connectivity index (χ3n) is 5.77. The van der Waals surface area contributed by atoms with E-state index in [9.17, 15) is 9.59 Å². The number of benzene rings is 1. The molecule has 1 aliphatic carbocycles. The van der Waals surface area contributed by atoms with Gasteiger partial charge in [0.25, 0.3) is 0 Å². The van der Waals surface area contributed by atoms with Crippen LogP contribution in [-0.4, -0.2) is 53.2 Å². The Hall–Kier alpha value is -2.24. The molecule has 1 aliphatic heterocycles. The van der Waals surface area contributed by atoms with E-state index < -0.39 is 5.60 Å². The summed E-state index contributed by atoms with van der Waals surface area (Å²) in [4.78, 5) is 29.2. The van der Waals surface area contributed by atoms with E-state index in [0.717, 1.165) is 37.9 Å². The molecule has 0 aromatic heterocycles. The minimum absolute atomic E-state index is 0.00216. The second-order valence-electron chi connectivity index (χ2n) is 9.30. The molecule has 6 nitrogen and oxygen atoms in total. The van der Waals surface area contributed by atoms with Crippen molar-refractivity contribution in [3.8, 4) is 0 Å². The maximum absolute atomic E-state index is 13.0. The molecule has 1 saturated carbocycles.